The van der Waals surface area contributed by atoms with Gasteiger partial charge in [0.25, 0.3) is 0 Å². The highest BCUT2D eigenvalue weighted by Crippen LogP contribution is 2.21. The zero-order valence-electron chi connectivity index (χ0n) is 15.2. The second kappa shape index (κ2) is 7.33. The van der Waals surface area contributed by atoms with Crippen molar-refractivity contribution in [2.24, 2.45) is 0 Å². The van der Waals surface area contributed by atoms with Crippen LogP contribution < -0.4 is 5.73 Å². The van der Waals surface area contributed by atoms with Gasteiger partial charge in [0.05, 0.1) is 17.6 Å². The molecule has 0 saturated carbocycles. The molecule has 0 fully saturated rings. The molecular formula is C16H15F3N8O2. The molecule has 4 aromatic heterocycles. The van der Waals surface area contributed by atoms with Crippen LogP contribution in [0.5, 0.6) is 0 Å². The number of nitrogens with zero attached hydrogens (tertiary/aromatic N) is 7. The maximum absolute atomic E-state index is 10.6. The highest BCUT2D eigenvalue weighted by Gasteiger charge is 2.38. The number of carboxylic acids is 1. The number of hydrogen-bond donors (Lipinski definition) is 2. The van der Waals surface area contributed by atoms with Gasteiger partial charge < -0.3 is 10.8 Å². The van der Waals surface area contributed by atoms with E-state index in [0.717, 1.165) is 22.7 Å². The van der Waals surface area contributed by atoms with E-state index in [0.29, 0.717) is 17.4 Å². The molecule has 0 aliphatic heterocycles. The van der Waals surface area contributed by atoms with Gasteiger partial charge in [-0.05, 0) is 12.0 Å². The monoisotopic (exact) mass is 408 g/mol. The lowest BCUT2D eigenvalue weighted by atomic mass is 10.1. The molecule has 0 aliphatic rings. The molecule has 4 heterocycles. The van der Waals surface area contributed by atoms with E-state index < -0.39 is 12.1 Å². The van der Waals surface area contributed by atoms with E-state index >= 15 is 0 Å². The molecule has 0 saturated heterocycles. The summed E-state index contributed by atoms with van der Waals surface area (Å²) in [5.74, 6) is -2.06. The number of carbonyl (C=O) groups is 1. The molecule has 4 rings (SSSR count). The summed E-state index contributed by atoms with van der Waals surface area (Å²) in [7, 11) is 0. The fourth-order valence-corrected chi connectivity index (χ4v) is 2.33. The molecular weight excluding hydrogens is 393 g/mol. The number of nitrogen functional groups attached to an aromatic ring is 1. The Morgan fingerprint density at radius 3 is 2.59 bits per heavy atom. The average Bonchev–Trinajstić information content (AvgIpc) is 3.25. The highest BCUT2D eigenvalue weighted by atomic mass is 19.4. The number of hydrogen-bond acceptors (Lipinski definition) is 7. The normalized spacial score (nSPS) is 11.7. The van der Waals surface area contributed by atoms with Gasteiger partial charge in [-0.2, -0.15) is 23.4 Å². The summed E-state index contributed by atoms with van der Waals surface area (Å²) in [6.07, 6.45) is -0.103. The van der Waals surface area contributed by atoms with E-state index in [4.69, 9.17) is 15.6 Å². The van der Waals surface area contributed by atoms with Crippen molar-refractivity contribution in [1.82, 2.24) is 34.2 Å². The summed E-state index contributed by atoms with van der Waals surface area (Å²) < 4.78 is 35.1. The van der Waals surface area contributed by atoms with Crippen LogP contribution in [0.1, 0.15) is 25.5 Å². The Bertz CT molecular complexity index is 1180. The first kappa shape index (κ1) is 20.0. The van der Waals surface area contributed by atoms with Crippen molar-refractivity contribution in [1.29, 1.82) is 0 Å². The van der Waals surface area contributed by atoms with Crippen molar-refractivity contribution in [3.63, 3.8) is 0 Å². The number of carboxylic acid groups (broad SMARTS) is 1. The zero-order valence-corrected chi connectivity index (χ0v) is 15.2. The minimum atomic E-state index is -5.08. The molecule has 0 aliphatic carbocycles. The molecule has 0 unspecified atom stereocenters. The third kappa shape index (κ3) is 4.07. The van der Waals surface area contributed by atoms with Crippen LogP contribution in [-0.2, 0) is 4.79 Å². The Labute approximate surface area is 160 Å². The van der Waals surface area contributed by atoms with Gasteiger partial charge in [0.1, 0.15) is 12.0 Å². The fourth-order valence-electron chi connectivity index (χ4n) is 2.33. The standard InChI is InChI=1S/C14H14N8.C2HF3O2/c1-8(2)10-5-12-19-9(3-4-21(12)20-10)11-6-16-14-13(15)17-7-18-22(11)14;3-2(4,5)1(6)7/h3-8H,1-2H3,(H2,15,17,18);(H,6,7). The topological polar surface area (TPSA) is 137 Å². The van der Waals surface area contributed by atoms with E-state index in [1.165, 1.54) is 6.33 Å². The lowest BCUT2D eigenvalue weighted by Gasteiger charge is -2.01. The van der Waals surface area contributed by atoms with Crippen molar-refractivity contribution in [2.75, 3.05) is 5.73 Å². The molecule has 4 aromatic rings. The Hall–Kier alpha value is -3.77. The van der Waals surface area contributed by atoms with Crippen molar-refractivity contribution in [3.8, 4) is 11.4 Å². The molecule has 0 aromatic carbocycles. The summed E-state index contributed by atoms with van der Waals surface area (Å²) >= 11 is 0. The van der Waals surface area contributed by atoms with Crippen molar-refractivity contribution in [3.05, 3.63) is 36.5 Å². The van der Waals surface area contributed by atoms with E-state index in [1.807, 2.05) is 18.3 Å². The Morgan fingerprint density at radius 1 is 1.28 bits per heavy atom. The van der Waals surface area contributed by atoms with Crippen LogP contribution in [0.2, 0.25) is 0 Å². The zero-order chi connectivity index (χ0) is 21.3. The largest absolute Gasteiger partial charge is 0.490 e. The van der Waals surface area contributed by atoms with Gasteiger partial charge in [-0.3, -0.25) is 0 Å². The second-order valence-electron chi connectivity index (χ2n) is 6.17. The number of aromatic nitrogens is 7. The van der Waals surface area contributed by atoms with E-state index in [2.05, 4.69) is 39.0 Å². The molecule has 29 heavy (non-hydrogen) atoms. The maximum Gasteiger partial charge on any atom is 0.490 e. The summed E-state index contributed by atoms with van der Waals surface area (Å²) in [5.41, 5.74) is 9.65. The van der Waals surface area contributed by atoms with Crippen molar-refractivity contribution >= 4 is 23.1 Å². The number of imidazole rings is 1. The molecule has 152 valence electrons. The van der Waals surface area contributed by atoms with Gasteiger partial charge in [0, 0.05) is 12.3 Å². The molecule has 0 bridgehead atoms. The summed E-state index contributed by atoms with van der Waals surface area (Å²) in [5, 5.41) is 15.8. The Balaban J connectivity index is 0.000000298. The van der Waals surface area contributed by atoms with E-state index in [9.17, 15) is 13.2 Å². The second-order valence-corrected chi connectivity index (χ2v) is 6.17. The smallest absolute Gasteiger partial charge is 0.475 e. The third-order valence-corrected chi connectivity index (χ3v) is 3.77. The van der Waals surface area contributed by atoms with Gasteiger partial charge in [-0.25, -0.2) is 28.8 Å². The molecule has 3 N–H and O–H groups in total. The molecule has 13 heteroatoms. The summed E-state index contributed by atoms with van der Waals surface area (Å²) in [6, 6.07) is 3.87. The van der Waals surface area contributed by atoms with Crippen molar-refractivity contribution < 1.29 is 23.1 Å². The number of aliphatic carboxylic acids is 1. The number of rotatable bonds is 2. The van der Waals surface area contributed by atoms with Crippen LogP contribution in [0.4, 0.5) is 19.0 Å². The molecule has 10 nitrogen and oxygen atoms in total. The molecule has 0 radical (unpaired) electrons. The minimum absolute atomic E-state index is 0.341. The maximum atomic E-state index is 10.6. The predicted octanol–water partition coefficient (Wildman–Crippen LogP) is 2.17. The minimum Gasteiger partial charge on any atom is -0.475 e. The van der Waals surface area contributed by atoms with Crippen LogP contribution in [0.3, 0.4) is 0 Å². The number of alkyl halides is 3. The Morgan fingerprint density at radius 2 is 1.97 bits per heavy atom. The van der Waals surface area contributed by atoms with Gasteiger partial charge >= 0.3 is 12.1 Å². The first-order valence-electron chi connectivity index (χ1n) is 8.19. The summed E-state index contributed by atoms with van der Waals surface area (Å²) in [4.78, 5) is 21.7. The van der Waals surface area contributed by atoms with Gasteiger partial charge in [0.15, 0.2) is 17.1 Å². The molecule has 0 amide bonds. The first-order valence-corrected chi connectivity index (χ1v) is 8.19. The van der Waals surface area contributed by atoms with Gasteiger partial charge in [-0.1, -0.05) is 13.8 Å². The van der Waals surface area contributed by atoms with Crippen LogP contribution in [-0.4, -0.2) is 51.4 Å². The third-order valence-electron chi connectivity index (χ3n) is 3.77. The number of halogens is 3. The fraction of sp³-hybridized carbons (Fsp3) is 0.250. The van der Waals surface area contributed by atoms with E-state index in [-0.39, 0.29) is 0 Å². The van der Waals surface area contributed by atoms with E-state index in [1.54, 1.807) is 15.2 Å². The van der Waals surface area contributed by atoms with Crippen LogP contribution >= 0.6 is 0 Å². The van der Waals surface area contributed by atoms with Crippen LogP contribution in [0.25, 0.3) is 22.7 Å². The molecule has 0 spiro atoms. The number of fused-ring (bicyclic) bond motifs is 2. The number of nitrogens with two attached hydrogens (primary N) is 1. The molecule has 0 atom stereocenters. The summed E-state index contributed by atoms with van der Waals surface area (Å²) in [6.45, 7) is 4.21. The SMILES string of the molecule is CC(C)c1cc2nc(-c3cnc4c(N)ncnn34)ccn2n1.O=C(O)C(F)(F)F. The number of anilines is 1. The average molecular weight is 408 g/mol. The van der Waals surface area contributed by atoms with Gasteiger partial charge in [0.2, 0.25) is 0 Å². The van der Waals surface area contributed by atoms with Crippen LogP contribution in [0.15, 0.2) is 30.9 Å². The lowest BCUT2D eigenvalue weighted by molar-refractivity contribution is -0.192. The lowest BCUT2D eigenvalue weighted by Crippen LogP contribution is -2.21. The Kier molecular flexibility index (Phi) is 5.05. The quantitative estimate of drug-likeness (QED) is 0.515. The van der Waals surface area contributed by atoms with Crippen LogP contribution in [0, 0.1) is 0 Å². The predicted molar refractivity (Wildman–Crippen MR) is 95.0 cm³/mol. The van der Waals surface area contributed by atoms with Gasteiger partial charge in [-0.15, -0.1) is 0 Å². The van der Waals surface area contributed by atoms with Crippen molar-refractivity contribution in [2.45, 2.75) is 25.9 Å². The first-order chi connectivity index (χ1) is 13.6. The highest BCUT2D eigenvalue weighted by molar-refractivity contribution is 5.73.